The van der Waals surface area contributed by atoms with E-state index in [1.165, 1.54) is 0 Å². The zero-order valence-electron chi connectivity index (χ0n) is 11.7. The monoisotopic (exact) mass is 276 g/mol. The Labute approximate surface area is 118 Å². The van der Waals surface area contributed by atoms with E-state index in [-0.39, 0.29) is 5.17 Å². The Morgan fingerprint density at radius 2 is 1.74 bits per heavy atom. The van der Waals surface area contributed by atoms with Crippen molar-refractivity contribution in [2.24, 2.45) is 10.2 Å². The summed E-state index contributed by atoms with van der Waals surface area (Å²) < 4.78 is 0. The molecular weight excluding hydrogens is 258 g/mol. The molecule has 0 bridgehead atoms. The van der Waals surface area contributed by atoms with Crippen LogP contribution in [-0.4, -0.2) is 38.3 Å². The SMILES string of the molecule is C=C(N=Nc1ccc(N(C)C)cc1)SC(=[N-])N(C)C. The first kappa shape index (κ1) is 15.2. The topological polar surface area (TPSA) is 53.5 Å². The Kier molecular flexibility index (Phi) is 5.57. The number of thioether (sulfide) groups is 1. The molecule has 0 heterocycles. The first-order valence-corrected chi connectivity index (χ1v) is 6.51. The van der Waals surface area contributed by atoms with E-state index < -0.39 is 0 Å². The first-order valence-electron chi connectivity index (χ1n) is 5.69. The van der Waals surface area contributed by atoms with E-state index in [2.05, 4.69) is 16.8 Å². The fourth-order valence-corrected chi connectivity index (χ4v) is 1.62. The molecule has 1 rings (SSSR count). The molecule has 0 aliphatic rings. The van der Waals surface area contributed by atoms with Gasteiger partial charge in [0.1, 0.15) is 5.03 Å². The first-order chi connectivity index (χ1) is 8.90. The van der Waals surface area contributed by atoms with Crippen LogP contribution in [0, 0.1) is 0 Å². The lowest BCUT2D eigenvalue weighted by molar-refractivity contribution is 0.643. The fourth-order valence-electron chi connectivity index (χ4n) is 1.15. The summed E-state index contributed by atoms with van der Waals surface area (Å²) in [5.41, 5.74) is 1.85. The van der Waals surface area contributed by atoms with E-state index in [0.717, 1.165) is 23.1 Å². The number of benzene rings is 1. The molecule has 6 heteroatoms. The maximum absolute atomic E-state index is 9.53. The highest BCUT2D eigenvalue weighted by atomic mass is 32.2. The second-order valence-corrected chi connectivity index (χ2v) is 5.32. The number of rotatable bonds is 4. The quantitative estimate of drug-likeness (QED) is 0.480. The van der Waals surface area contributed by atoms with Crippen LogP contribution in [-0.2, 0) is 0 Å². The van der Waals surface area contributed by atoms with Crippen LogP contribution in [0.25, 0.3) is 5.41 Å². The molecule has 0 unspecified atom stereocenters. The molecule has 5 nitrogen and oxygen atoms in total. The van der Waals surface area contributed by atoms with Gasteiger partial charge in [-0.2, -0.15) is 5.11 Å². The van der Waals surface area contributed by atoms with Crippen LogP contribution in [0.4, 0.5) is 11.4 Å². The summed E-state index contributed by atoms with van der Waals surface area (Å²) in [6, 6.07) is 7.69. The lowest BCUT2D eigenvalue weighted by Gasteiger charge is -2.21. The summed E-state index contributed by atoms with van der Waals surface area (Å²) in [6.45, 7) is 3.72. The van der Waals surface area contributed by atoms with Crippen LogP contribution >= 0.6 is 11.8 Å². The molecule has 0 saturated carbocycles. The summed E-state index contributed by atoms with van der Waals surface area (Å²) in [7, 11) is 7.45. The largest absolute Gasteiger partial charge is 0.469 e. The second-order valence-electron chi connectivity index (χ2n) is 4.28. The van der Waals surface area contributed by atoms with Gasteiger partial charge in [0.2, 0.25) is 0 Å². The van der Waals surface area contributed by atoms with Crippen molar-refractivity contribution in [3.8, 4) is 0 Å². The number of amidine groups is 1. The zero-order valence-corrected chi connectivity index (χ0v) is 12.5. The number of azo groups is 1. The molecule has 0 amide bonds. The van der Waals surface area contributed by atoms with Gasteiger partial charge in [0, 0.05) is 19.8 Å². The second kappa shape index (κ2) is 6.94. The third-order valence-electron chi connectivity index (χ3n) is 2.23. The number of nitrogens with zero attached hydrogens (tertiary/aromatic N) is 5. The third-order valence-corrected chi connectivity index (χ3v) is 3.10. The van der Waals surface area contributed by atoms with Gasteiger partial charge in [-0.25, -0.2) is 0 Å². The van der Waals surface area contributed by atoms with E-state index in [1.54, 1.807) is 19.0 Å². The van der Waals surface area contributed by atoms with E-state index in [0.29, 0.717) is 5.03 Å². The van der Waals surface area contributed by atoms with E-state index in [1.807, 2.05) is 43.3 Å². The molecule has 1 aromatic carbocycles. The van der Waals surface area contributed by atoms with Crippen LogP contribution in [0.3, 0.4) is 0 Å². The molecule has 0 saturated heterocycles. The van der Waals surface area contributed by atoms with Crippen molar-refractivity contribution in [2.45, 2.75) is 0 Å². The summed E-state index contributed by atoms with van der Waals surface area (Å²) in [6.07, 6.45) is 0. The zero-order chi connectivity index (χ0) is 14.4. The summed E-state index contributed by atoms with van der Waals surface area (Å²) in [5.74, 6) is 0. The van der Waals surface area contributed by atoms with Gasteiger partial charge in [0.25, 0.3) is 0 Å². The predicted molar refractivity (Wildman–Crippen MR) is 84.1 cm³/mol. The lowest BCUT2D eigenvalue weighted by atomic mass is 10.3. The van der Waals surface area contributed by atoms with Gasteiger partial charge in [-0.3, -0.25) is 0 Å². The Bertz CT molecular complexity index is 476. The smallest absolute Gasteiger partial charge is 0.116 e. The molecule has 0 atom stereocenters. The number of hydrogen-bond acceptors (Lipinski definition) is 4. The Balaban J connectivity index is 2.61. The Morgan fingerprint density at radius 3 is 2.21 bits per heavy atom. The minimum atomic E-state index is 0.131. The van der Waals surface area contributed by atoms with E-state index in [4.69, 9.17) is 0 Å². The predicted octanol–water partition coefficient (Wildman–Crippen LogP) is 3.53. The molecule has 1 aromatic rings. The highest BCUT2D eigenvalue weighted by Crippen LogP contribution is 2.22. The van der Waals surface area contributed by atoms with Crippen molar-refractivity contribution in [3.63, 3.8) is 0 Å². The van der Waals surface area contributed by atoms with Crippen LogP contribution < -0.4 is 4.90 Å². The van der Waals surface area contributed by atoms with Crippen molar-refractivity contribution < 1.29 is 0 Å². The number of hydrogen-bond donors (Lipinski definition) is 0. The normalized spacial score (nSPS) is 10.5. The van der Waals surface area contributed by atoms with Gasteiger partial charge in [0.05, 0.1) is 5.69 Å². The minimum absolute atomic E-state index is 0.131. The van der Waals surface area contributed by atoms with Gasteiger partial charge >= 0.3 is 0 Å². The van der Waals surface area contributed by atoms with Crippen molar-refractivity contribution in [3.05, 3.63) is 41.3 Å². The third kappa shape index (κ3) is 5.13. The maximum Gasteiger partial charge on any atom is 0.116 e. The molecule has 0 spiro atoms. The molecule has 0 N–H and O–H groups in total. The highest BCUT2D eigenvalue weighted by molar-refractivity contribution is 8.17. The van der Waals surface area contributed by atoms with E-state index in [9.17, 15) is 5.41 Å². The molecule has 0 radical (unpaired) electrons. The van der Waals surface area contributed by atoms with E-state index >= 15 is 0 Å². The van der Waals surface area contributed by atoms with Crippen LogP contribution in [0.1, 0.15) is 0 Å². The fraction of sp³-hybridized carbons (Fsp3) is 0.308. The molecule has 0 aromatic heterocycles. The molecule has 19 heavy (non-hydrogen) atoms. The van der Waals surface area contributed by atoms with Crippen molar-refractivity contribution in [1.29, 1.82) is 0 Å². The Morgan fingerprint density at radius 1 is 1.16 bits per heavy atom. The van der Waals surface area contributed by atoms with Gasteiger partial charge in [-0.1, -0.05) is 32.4 Å². The summed E-state index contributed by atoms with van der Waals surface area (Å²) in [4.78, 5) is 3.59. The van der Waals surface area contributed by atoms with Crippen molar-refractivity contribution in [2.75, 3.05) is 33.1 Å². The van der Waals surface area contributed by atoms with Crippen molar-refractivity contribution >= 4 is 28.3 Å². The summed E-state index contributed by atoms with van der Waals surface area (Å²) >= 11 is 1.07. The number of anilines is 1. The Hall–Kier alpha value is -1.82. The van der Waals surface area contributed by atoms with Crippen LogP contribution in [0.15, 0.2) is 46.1 Å². The molecule has 0 aliphatic carbocycles. The van der Waals surface area contributed by atoms with Crippen LogP contribution in [0.2, 0.25) is 0 Å². The van der Waals surface area contributed by atoms with Crippen LogP contribution in [0.5, 0.6) is 0 Å². The molecule has 0 fully saturated rings. The van der Waals surface area contributed by atoms with Gasteiger partial charge in [0.15, 0.2) is 0 Å². The average Bonchev–Trinajstić information content (AvgIpc) is 2.36. The molecular formula is C13H18N5S-. The average molecular weight is 276 g/mol. The van der Waals surface area contributed by atoms with Gasteiger partial charge < -0.3 is 15.2 Å². The highest BCUT2D eigenvalue weighted by Gasteiger charge is 1.97. The van der Waals surface area contributed by atoms with Gasteiger partial charge in [-0.05, 0) is 29.4 Å². The van der Waals surface area contributed by atoms with Crippen molar-refractivity contribution in [1.82, 2.24) is 4.90 Å². The standard InChI is InChI=1S/C13H18N5S/c1-10(19-13(14)18(4)5)15-16-11-6-8-12(9-7-11)17(2)3/h6-9H,1H2,2-5H3/q-1. The molecule has 102 valence electrons. The van der Waals surface area contributed by atoms with Gasteiger partial charge in [-0.15, -0.1) is 5.11 Å². The maximum atomic E-state index is 9.53. The minimum Gasteiger partial charge on any atom is -0.469 e. The lowest BCUT2D eigenvalue weighted by Crippen LogP contribution is -2.16. The molecule has 0 aliphatic heterocycles. The summed E-state index contributed by atoms with van der Waals surface area (Å²) in [5, 5.41) is 18.1.